The van der Waals surface area contributed by atoms with E-state index in [0.29, 0.717) is 0 Å². The maximum atomic E-state index is 3.78. The lowest BCUT2D eigenvalue weighted by molar-refractivity contribution is -0.604. The van der Waals surface area contributed by atoms with E-state index in [-0.39, 0.29) is 0 Å². The molecule has 0 aliphatic heterocycles. The van der Waals surface area contributed by atoms with E-state index in [1.165, 1.54) is 88.1 Å². The molecule has 184 valence electrons. The zero-order chi connectivity index (χ0) is 25.8. The standard InChI is InChI=1S/C37H26N2/c1-22-23(2)39(33-20-16-29-12-10-25-6-4-8-27-14-18-31(33)37(29)35(25)27)21-38(22)32-19-15-28-11-9-24-5-3-7-26-13-17-30(32)36(28)34(24)26/h3-5,7-11,13-20H,6,12H2,1-2H3. The van der Waals surface area contributed by atoms with Crippen LogP contribution in [0.5, 0.6) is 0 Å². The summed E-state index contributed by atoms with van der Waals surface area (Å²) in [5.41, 5.74) is 10.4. The highest BCUT2D eigenvalue weighted by molar-refractivity contribution is 6.24. The fraction of sp³-hybridized carbons (Fsp3) is 0.108. The SMILES string of the molecule is Cc1c(C)[n+](-c2ccc3ccc4cccc5ccc2c3c45)[c-]n1-c1ccc2c3c4c(ccc13)C=CCC4=CC2. The van der Waals surface area contributed by atoms with Crippen LogP contribution in [0.4, 0.5) is 0 Å². The van der Waals surface area contributed by atoms with Crippen molar-refractivity contribution in [2.45, 2.75) is 26.7 Å². The molecule has 2 aliphatic carbocycles. The molecule has 1 aromatic heterocycles. The van der Waals surface area contributed by atoms with Crippen LogP contribution < -0.4 is 4.57 Å². The van der Waals surface area contributed by atoms with Gasteiger partial charge in [-0.2, -0.15) is 0 Å². The molecule has 2 heteroatoms. The average molecular weight is 499 g/mol. The van der Waals surface area contributed by atoms with E-state index in [2.05, 4.69) is 126 Å². The van der Waals surface area contributed by atoms with Crippen LogP contribution >= 0.6 is 0 Å². The Morgan fingerprint density at radius 2 is 1.49 bits per heavy atom. The Labute approximate surface area is 227 Å². The maximum absolute atomic E-state index is 3.78. The quantitative estimate of drug-likeness (QED) is 0.128. The summed E-state index contributed by atoms with van der Waals surface area (Å²) in [5.74, 6) is 0. The van der Waals surface area contributed by atoms with Gasteiger partial charge in [0.2, 0.25) is 0 Å². The van der Waals surface area contributed by atoms with Gasteiger partial charge in [-0.05, 0) is 104 Å². The molecule has 0 saturated carbocycles. The first kappa shape index (κ1) is 21.3. The summed E-state index contributed by atoms with van der Waals surface area (Å²) in [5, 5.41) is 10.6. The molecule has 2 nitrogen and oxygen atoms in total. The fourth-order valence-electron chi connectivity index (χ4n) is 7.16. The first-order valence-electron chi connectivity index (χ1n) is 13.8. The predicted molar refractivity (Wildman–Crippen MR) is 162 cm³/mol. The summed E-state index contributed by atoms with van der Waals surface area (Å²) in [7, 11) is 0. The molecule has 0 radical (unpaired) electrons. The van der Waals surface area contributed by atoms with Gasteiger partial charge in [-0.3, -0.25) is 9.13 Å². The minimum absolute atomic E-state index is 1.01. The molecule has 7 aromatic rings. The highest BCUT2D eigenvalue weighted by Crippen LogP contribution is 2.42. The van der Waals surface area contributed by atoms with E-state index in [0.717, 1.165) is 12.8 Å². The average Bonchev–Trinajstić information content (AvgIpc) is 3.28. The van der Waals surface area contributed by atoms with Gasteiger partial charge in [-0.15, -0.1) is 0 Å². The van der Waals surface area contributed by atoms with Gasteiger partial charge in [0.25, 0.3) is 6.33 Å². The lowest BCUT2D eigenvalue weighted by atomic mass is 9.81. The number of allylic oxidation sites excluding steroid dienone is 3. The van der Waals surface area contributed by atoms with Crippen molar-refractivity contribution in [3.63, 3.8) is 0 Å². The zero-order valence-corrected chi connectivity index (χ0v) is 22.0. The van der Waals surface area contributed by atoms with Crippen LogP contribution in [0.25, 0.3) is 66.1 Å². The first-order valence-corrected chi connectivity index (χ1v) is 13.8. The minimum Gasteiger partial charge on any atom is -0.295 e. The minimum atomic E-state index is 1.01. The Hall–Kier alpha value is -4.69. The molecule has 0 N–H and O–H groups in total. The molecule has 0 amide bonds. The monoisotopic (exact) mass is 498 g/mol. The van der Waals surface area contributed by atoms with E-state index < -0.39 is 0 Å². The molecule has 39 heavy (non-hydrogen) atoms. The highest BCUT2D eigenvalue weighted by atomic mass is 15.2. The Morgan fingerprint density at radius 1 is 0.718 bits per heavy atom. The highest BCUT2D eigenvalue weighted by Gasteiger charge is 2.23. The fourth-order valence-corrected chi connectivity index (χ4v) is 7.16. The van der Waals surface area contributed by atoms with Gasteiger partial charge in [-0.25, -0.2) is 0 Å². The third-order valence-corrected chi connectivity index (χ3v) is 9.18. The molecule has 9 rings (SSSR count). The smallest absolute Gasteiger partial charge is 0.269 e. The molecule has 2 aliphatic rings. The Balaban J connectivity index is 1.31. The molecular weight excluding hydrogens is 472 g/mol. The molecule has 0 atom stereocenters. The maximum Gasteiger partial charge on any atom is 0.269 e. The van der Waals surface area contributed by atoms with Crippen LogP contribution in [0.1, 0.15) is 34.5 Å². The predicted octanol–water partition coefficient (Wildman–Crippen LogP) is 8.58. The van der Waals surface area contributed by atoms with Gasteiger partial charge in [0.15, 0.2) is 0 Å². The molecule has 0 fully saturated rings. The van der Waals surface area contributed by atoms with Gasteiger partial charge in [-0.1, -0.05) is 85.0 Å². The van der Waals surface area contributed by atoms with Crippen molar-refractivity contribution in [3.8, 4) is 11.4 Å². The number of nitrogens with zero attached hydrogens (tertiary/aromatic N) is 2. The van der Waals surface area contributed by atoms with Crippen molar-refractivity contribution >= 4 is 54.7 Å². The number of benzene rings is 6. The van der Waals surface area contributed by atoms with Crippen molar-refractivity contribution in [3.05, 3.63) is 125 Å². The Bertz CT molecular complexity index is 2220. The first-order chi connectivity index (χ1) is 19.2. The van der Waals surface area contributed by atoms with Crippen molar-refractivity contribution in [2.24, 2.45) is 0 Å². The van der Waals surface area contributed by atoms with Gasteiger partial charge >= 0.3 is 0 Å². The van der Waals surface area contributed by atoms with Crippen LogP contribution in [-0.2, 0) is 6.42 Å². The summed E-state index contributed by atoms with van der Waals surface area (Å²) in [6, 6.07) is 29.4. The molecule has 0 bridgehead atoms. The van der Waals surface area contributed by atoms with Crippen LogP contribution in [0.15, 0.2) is 91.0 Å². The summed E-state index contributed by atoms with van der Waals surface area (Å²) < 4.78 is 4.54. The lowest BCUT2D eigenvalue weighted by Gasteiger charge is -2.24. The van der Waals surface area contributed by atoms with Crippen molar-refractivity contribution in [1.82, 2.24) is 4.57 Å². The number of imidazole rings is 1. The third kappa shape index (κ3) is 2.73. The van der Waals surface area contributed by atoms with E-state index in [4.69, 9.17) is 0 Å². The number of rotatable bonds is 2. The summed E-state index contributed by atoms with van der Waals surface area (Å²) in [4.78, 5) is 0. The topological polar surface area (TPSA) is 8.81 Å². The van der Waals surface area contributed by atoms with Gasteiger partial charge in [0.1, 0.15) is 0 Å². The molecule has 1 heterocycles. The molecule has 6 aromatic carbocycles. The van der Waals surface area contributed by atoms with Gasteiger partial charge in [0.05, 0.1) is 22.8 Å². The summed E-state index contributed by atoms with van der Waals surface area (Å²) in [6.45, 7) is 4.43. The Morgan fingerprint density at radius 3 is 2.36 bits per heavy atom. The van der Waals surface area contributed by atoms with Crippen molar-refractivity contribution in [1.29, 1.82) is 0 Å². The van der Waals surface area contributed by atoms with E-state index in [1.54, 1.807) is 0 Å². The molecule has 0 saturated heterocycles. The van der Waals surface area contributed by atoms with Crippen molar-refractivity contribution < 1.29 is 4.57 Å². The number of hydrogen-bond donors (Lipinski definition) is 0. The van der Waals surface area contributed by atoms with E-state index >= 15 is 0 Å². The second-order valence-corrected chi connectivity index (χ2v) is 11.1. The van der Waals surface area contributed by atoms with Crippen LogP contribution in [0.2, 0.25) is 0 Å². The van der Waals surface area contributed by atoms with Crippen LogP contribution in [0.3, 0.4) is 0 Å². The molecule has 0 spiro atoms. The van der Waals surface area contributed by atoms with Crippen LogP contribution in [-0.4, -0.2) is 4.57 Å². The summed E-state index contributed by atoms with van der Waals surface area (Å²) >= 11 is 0. The van der Waals surface area contributed by atoms with Crippen LogP contribution in [0, 0.1) is 20.2 Å². The number of hydrogen-bond acceptors (Lipinski definition) is 0. The van der Waals surface area contributed by atoms with Gasteiger partial charge < -0.3 is 0 Å². The summed E-state index contributed by atoms with van der Waals surface area (Å²) in [6.07, 6.45) is 12.8. The van der Waals surface area contributed by atoms with E-state index in [1.807, 2.05) is 0 Å². The Kier molecular flexibility index (Phi) is 4.06. The molecule has 0 unspecified atom stereocenters. The third-order valence-electron chi connectivity index (χ3n) is 9.18. The largest absolute Gasteiger partial charge is 0.295 e. The van der Waals surface area contributed by atoms with Gasteiger partial charge in [0, 0.05) is 0 Å². The zero-order valence-electron chi connectivity index (χ0n) is 22.0. The lowest BCUT2D eigenvalue weighted by Crippen LogP contribution is -2.32. The second kappa shape index (κ2) is 7.45. The number of aromatic nitrogens is 2. The normalized spacial score (nSPS) is 14.3. The van der Waals surface area contributed by atoms with Crippen molar-refractivity contribution in [2.75, 3.05) is 0 Å². The molecular formula is C37H26N2. The van der Waals surface area contributed by atoms with E-state index in [9.17, 15) is 0 Å². The second-order valence-electron chi connectivity index (χ2n) is 11.1.